The molecule has 0 spiro atoms. The molecule has 0 aliphatic carbocycles. The van der Waals surface area contributed by atoms with E-state index in [2.05, 4.69) is 39.0 Å². The Hall–Kier alpha value is -4.07. The molecule has 0 radical (unpaired) electrons. The lowest BCUT2D eigenvalue weighted by atomic mass is 9.99. The first-order chi connectivity index (χ1) is 16.0. The zero-order valence-corrected chi connectivity index (χ0v) is 18.5. The first kappa shape index (κ1) is 20.8. The van der Waals surface area contributed by atoms with Crippen LogP contribution in [0.3, 0.4) is 0 Å². The monoisotopic (exact) mass is 440 g/mol. The number of carbonyl (C=O) groups excluding carboxylic acids is 2. The molecule has 2 amide bonds. The average Bonchev–Trinajstić information content (AvgIpc) is 3.49. The molecular formula is C25H24N6O2. The lowest BCUT2D eigenvalue weighted by Crippen LogP contribution is -2.22. The minimum absolute atomic E-state index is 0.202. The summed E-state index contributed by atoms with van der Waals surface area (Å²) in [5.41, 5.74) is 3.91. The summed E-state index contributed by atoms with van der Waals surface area (Å²) in [4.78, 5) is 29.8. The van der Waals surface area contributed by atoms with Crippen molar-refractivity contribution in [3.8, 4) is 0 Å². The lowest BCUT2D eigenvalue weighted by molar-refractivity contribution is -0.122. The second-order valence-corrected chi connectivity index (χ2v) is 8.43. The summed E-state index contributed by atoms with van der Waals surface area (Å²) in [6.45, 7) is 4.82. The highest BCUT2D eigenvalue weighted by atomic mass is 16.2. The highest BCUT2D eigenvalue weighted by Crippen LogP contribution is 2.36. The van der Waals surface area contributed by atoms with Gasteiger partial charge in [0, 0.05) is 47.6 Å². The van der Waals surface area contributed by atoms with E-state index in [0.717, 1.165) is 34.9 Å². The van der Waals surface area contributed by atoms with Crippen molar-refractivity contribution in [3.05, 3.63) is 78.0 Å². The number of nitrogens with one attached hydrogen (secondary N) is 1. The van der Waals surface area contributed by atoms with Gasteiger partial charge in [-0.25, -0.2) is 0 Å². The van der Waals surface area contributed by atoms with E-state index in [9.17, 15) is 9.59 Å². The minimum atomic E-state index is -0.446. The normalized spacial score (nSPS) is 14.0. The molecule has 166 valence electrons. The fourth-order valence-electron chi connectivity index (χ4n) is 4.30. The molecule has 5 rings (SSSR count). The number of imide groups is 1. The van der Waals surface area contributed by atoms with E-state index in [-0.39, 0.29) is 11.6 Å². The van der Waals surface area contributed by atoms with Gasteiger partial charge in [-0.1, -0.05) is 29.5 Å². The number of rotatable bonds is 7. The van der Waals surface area contributed by atoms with Gasteiger partial charge in [-0.15, -0.1) is 5.10 Å². The van der Waals surface area contributed by atoms with Crippen molar-refractivity contribution in [2.24, 2.45) is 0 Å². The van der Waals surface area contributed by atoms with Crippen LogP contribution in [0.1, 0.15) is 43.1 Å². The molecule has 3 aromatic heterocycles. The summed E-state index contributed by atoms with van der Waals surface area (Å²) >= 11 is 0. The predicted molar refractivity (Wildman–Crippen MR) is 125 cm³/mol. The van der Waals surface area contributed by atoms with Crippen LogP contribution in [0.5, 0.6) is 0 Å². The summed E-state index contributed by atoms with van der Waals surface area (Å²) in [5.74, 6) is -0.855. The van der Waals surface area contributed by atoms with Crippen LogP contribution in [-0.4, -0.2) is 36.4 Å². The molecular weight excluding hydrogens is 416 g/mol. The van der Waals surface area contributed by atoms with Crippen molar-refractivity contribution in [2.45, 2.75) is 39.3 Å². The van der Waals surface area contributed by atoms with E-state index in [4.69, 9.17) is 0 Å². The van der Waals surface area contributed by atoms with Crippen LogP contribution in [-0.2, 0) is 22.6 Å². The van der Waals surface area contributed by atoms with Crippen LogP contribution in [0.2, 0.25) is 0 Å². The fraction of sp³-hybridized carbons (Fsp3) is 0.240. The Morgan fingerprint density at radius 3 is 2.61 bits per heavy atom. The standard InChI is InChI=1S/C25H24N6O2/c1-16(2)31-14-19(18-9-3-4-10-21(18)31)22-23(25(33)27-24(22)32)20-15-30(29-28-20)12-6-8-17-7-5-11-26-13-17/h3-5,7,9-11,13-16H,6,8,12H2,1-2H3,(H,27,32,33). The number of pyridine rings is 1. The third-order valence-electron chi connectivity index (χ3n) is 5.87. The molecule has 0 saturated heterocycles. The molecule has 0 bridgehead atoms. The van der Waals surface area contributed by atoms with Crippen molar-refractivity contribution in [1.82, 2.24) is 29.9 Å². The number of para-hydroxylation sites is 1. The number of aromatic nitrogens is 5. The molecule has 8 heteroatoms. The molecule has 33 heavy (non-hydrogen) atoms. The smallest absolute Gasteiger partial charge is 0.261 e. The van der Waals surface area contributed by atoms with Crippen LogP contribution in [0.25, 0.3) is 22.0 Å². The van der Waals surface area contributed by atoms with E-state index < -0.39 is 11.8 Å². The zero-order chi connectivity index (χ0) is 22.9. The van der Waals surface area contributed by atoms with Crippen LogP contribution < -0.4 is 5.32 Å². The van der Waals surface area contributed by atoms with Crippen LogP contribution in [0.15, 0.2) is 61.2 Å². The maximum Gasteiger partial charge on any atom is 0.261 e. The van der Waals surface area contributed by atoms with Crippen molar-refractivity contribution < 1.29 is 9.59 Å². The van der Waals surface area contributed by atoms with Gasteiger partial charge in [-0.2, -0.15) is 0 Å². The Balaban J connectivity index is 1.49. The summed E-state index contributed by atoms with van der Waals surface area (Å²) in [7, 11) is 0. The van der Waals surface area contributed by atoms with Gasteiger partial charge in [0.15, 0.2) is 0 Å². The van der Waals surface area contributed by atoms with Gasteiger partial charge in [0.2, 0.25) is 0 Å². The first-order valence-electron chi connectivity index (χ1n) is 11.0. The Labute approximate surface area is 190 Å². The molecule has 8 nitrogen and oxygen atoms in total. The first-order valence-corrected chi connectivity index (χ1v) is 11.0. The third-order valence-corrected chi connectivity index (χ3v) is 5.87. The Morgan fingerprint density at radius 1 is 1.00 bits per heavy atom. The molecule has 1 aliphatic heterocycles. The fourth-order valence-corrected chi connectivity index (χ4v) is 4.30. The maximum absolute atomic E-state index is 12.9. The number of benzene rings is 1. The summed E-state index contributed by atoms with van der Waals surface area (Å²) < 4.78 is 3.82. The Morgan fingerprint density at radius 2 is 1.82 bits per heavy atom. The minimum Gasteiger partial charge on any atom is -0.344 e. The van der Waals surface area contributed by atoms with Gasteiger partial charge in [-0.3, -0.25) is 24.6 Å². The number of aryl methyl sites for hydroxylation is 2. The number of amides is 2. The van der Waals surface area contributed by atoms with Crippen molar-refractivity contribution >= 4 is 33.9 Å². The van der Waals surface area contributed by atoms with E-state index in [1.807, 2.05) is 48.8 Å². The van der Waals surface area contributed by atoms with Gasteiger partial charge in [-0.05, 0) is 44.4 Å². The lowest BCUT2D eigenvalue weighted by Gasteiger charge is -2.08. The Bertz CT molecular complexity index is 1380. The summed E-state index contributed by atoms with van der Waals surface area (Å²) in [6, 6.07) is 12.1. The van der Waals surface area contributed by atoms with Crippen molar-refractivity contribution in [2.75, 3.05) is 0 Å². The second-order valence-electron chi connectivity index (χ2n) is 8.43. The van der Waals surface area contributed by atoms with E-state index in [0.29, 0.717) is 17.8 Å². The highest BCUT2D eigenvalue weighted by molar-refractivity contribution is 6.49. The molecule has 0 saturated carbocycles. The number of fused-ring (bicyclic) bond motifs is 1. The predicted octanol–water partition coefficient (Wildman–Crippen LogP) is 3.41. The van der Waals surface area contributed by atoms with Gasteiger partial charge in [0.1, 0.15) is 5.69 Å². The summed E-state index contributed by atoms with van der Waals surface area (Å²) in [6.07, 6.45) is 9.01. The van der Waals surface area contributed by atoms with Gasteiger partial charge < -0.3 is 4.57 Å². The molecule has 0 unspecified atom stereocenters. The second kappa shape index (κ2) is 8.46. The van der Waals surface area contributed by atoms with E-state index in [1.54, 1.807) is 17.1 Å². The van der Waals surface area contributed by atoms with Crippen LogP contribution >= 0.6 is 0 Å². The zero-order valence-electron chi connectivity index (χ0n) is 18.5. The van der Waals surface area contributed by atoms with E-state index >= 15 is 0 Å². The van der Waals surface area contributed by atoms with Crippen molar-refractivity contribution in [1.29, 1.82) is 0 Å². The largest absolute Gasteiger partial charge is 0.344 e. The average molecular weight is 441 g/mol. The molecule has 4 heterocycles. The number of hydrogen-bond acceptors (Lipinski definition) is 5. The molecule has 1 aliphatic rings. The SMILES string of the molecule is CC(C)n1cc(C2=C(c3cn(CCCc4cccnc4)nn3)C(=O)NC2=O)c2ccccc21. The topological polar surface area (TPSA) is 94.7 Å². The highest BCUT2D eigenvalue weighted by Gasteiger charge is 2.35. The van der Waals surface area contributed by atoms with Gasteiger partial charge >= 0.3 is 0 Å². The molecule has 4 aromatic rings. The van der Waals surface area contributed by atoms with Crippen molar-refractivity contribution in [3.63, 3.8) is 0 Å². The molecule has 1 N–H and O–H groups in total. The quantitative estimate of drug-likeness (QED) is 0.445. The molecule has 0 atom stereocenters. The molecule has 1 aromatic carbocycles. The number of carbonyl (C=O) groups is 2. The van der Waals surface area contributed by atoms with Crippen LogP contribution in [0, 0.1) is 0 Å². The van der Waals surface area contributed by atoms with Gasteiger partial charge in [0.05, 0.1) is 17.3 Å². The third kappa shape index (κ3) is 3.84. The van der Waals surface area contributed by atoms with Crippen LogP contribution in [0.4, 0.5) is 0 Å². The van der Waals surface area contributed by atoms with E-state index in [1.165, 1.54) is 0 Å². The number of hydrogen-bond donors (Lipinski definition) is 1. The number of nitrogens with zero attached hydrogens (tertiary/aromatic N) is 5. The summed E-state index contributed by atoms with van der Waals surface area (Å²) in [5, 5.41) is 11.8. The maximum atomic E-state index is 12.9. The Kier molecular flexibility index (Phi) is 5.34. The van der Waals surface area contributed by atoms with Gasteiger partial charge in [0.25, 0.3) is 11.8 Å². The molecule has 0 fully saturated rings.